The molecule has 0 radical (unpaired) electrons. The van der Waals surface area contributed by atoms with Crippen molar-refractivity contribution in [1.82, 2.24) is 0 Å². The summed E-state index contributed by atoms with van der Waals surface area (Å²) in [5.41, 5.74) is 1.09. The lowest BCUT2D eigenvalue weighted by molar-refractivity contribution is -0.872. The maximum Gasteiger partial charge on any atom is 0.164 e. The van der Waals surface area contributed by atoms with Gasteiger partial charge in [0.05, 0.1) is 33.6 Å². The highest BCUT2D eigenvalue weighted by Gasteiger charge is 2.22. The summed E-state index contributed by atoms with van der Waals surface area (Å²) in [6.45, 7) is 3.10. The molecule has 0 saturated heterocycles. The van der Waals surface area contributed by atoms with Gasteiger partial charge in [-0.1, -0.05) is 62.6 Å². The average molecular weight is 415 g/mol. The van der Waals surface area contributed by atoms with Gasteiger partial charge in [0.1, 0.15) is 0 Å². The molecule has 0 spiro atoms. The first-order chi connectivity index (χ1) is 9.92. The van der Waals surface area contributed by atoms with Gasteiger partial charge in [-0.2, -0.15) is 0 Å². The van der Waals surface area contributed by atoms with Gasteiger partial charge in [-0.25, -0.2) is 0 Å². The van der Waals surface area contributed by atoms with Crippen molar-refractivity contribution in [3.8, 4) is 0 Å². The normalized spacial score (nSPS) is 12.9. The Bertz CT molecular complexity index is 448. The van der Waals surface area contributed by atoms with Crippen LogP contribution in [0.1, 0.15) is 38.2 Å². The molecular weight excluding hydrogens is 385 g/mol. The van der Waals surface area contributed by atoms with Crippen molar-refractivity contribution in [2.24, 2.45) is 5.92 Å². The minimum atomic E-state index is 0. The fraction of sp³-hybridized carbons (Fsp3) is 0.526. The highest BCUT2D eigenvalue weighted by Crippen LogP contribution is 2.16. The molecule has 0 heterocycles. The van der Waals surface area contributed by atoms with E-state index >= 15 is 0 Å². The Morgan fingerprint density at radius 2 is 1.77 bits per heavy atom. The fourth-order valence-corrected chi connectivity index (χ4v) is 2.50. The molecule has 1 rings (SSSR count). The molecule has 0 fully saturated rings. The van der Waals surface area contributed by atoms with Gasteiger partial charge in [0.2, 0.25) is 0 Å². The van der Waals surface area contributed by atoms with Crippen LogP contribution in [0.3, 0.4) is 0 Å². The summed E-state index contributed by atoms with van der Waals surface area (Å²) in [6.07, 6.45) is 8.26. The molecule has 0 saturated carbocycles. The lowest BCUT2D eigenvalue weighted by Gasteiger charge is -2.28. The highest BCUT2D eigenvalue weighted by atomic mass is 127. The third-order valence-electron chi connectivity index (χ3n) is 3.57. The molecule has 0 amide bonds. The number of ketones is 1. The number of quaternary nitrogens is 1. The lowest BCUT2D eigenvalue weighted by Crippen LogP contribution is -3.00. The van der Waals surface area contributed by atoms with Crippen molar-refractivity contribution in [1.29, 1.82) is 0 Å². The van der Waals surface area contributed by atoms with Crippen LogP contribution in [0.2, 0.25) is 0 Å². The van der Waals surface area contributed by atoms with E-state index in [4.69, 9.17) is 0 Å². The molecule has 0 aliphatic rings. The van der Waals surface area contributed by atoms with Gasteiger partial charge >= 0.3 is 0 Å². The van der Waals surface area contributed by atoms with Crippen LogP contribution < -0.4 is 24.0 Å². The number of allylic oxidation sites excluding steroid dienone is 1. The summed E-state index contributed by atoms with van der Waals surface area (Å²) in [5.74, 6) is 0.402. The van der Waals surface area contributed by atoms with Crippen LogP contribution >= 0.6 is 0 Å². The third kappa shape index (κ3) is 9.36. The molecule has 22 heavy (non-hydrogen) atoms. The Morgan fingerprint density at radius 3 is 2.32 bits per heavy atom. The lowest BCUT2D eigenvalue weighted by atomic mass is 9.95. The predicted octanol–water partition coefficient (Wildman–Crippen LogP) is 1.18. The number of unbranched alkanes of at least 4 members (excludes halogenated alkanes) is 2. The van der Waals surface area contributed by atoms with E-state index in [0.29, 0.717) is 0 Å². The Balaban J connectivity index is 0.00000441. The summed E-state index contributed by atoms with van der Waals surface area (Å²) >= 11 is 0. The monoisotopic (exact) mass is 415 g/mol. The molecule has 2 nitrogen and oxygen atoms in total. The second-order valence-corrected chi connectivity index (χ2v) is 6.81. The van der Waals surface area contributed by atoms with Crippen LogP contribution in [0.5, 0.6) is 0 Å². The molecule has 1 atom stereocenters. The van der Waals surface area contributed by atoms with Gasteiger partial charge in [-0.3, -0.25) is 4.79 Å². The third-order valence-corrected chi connectivity index (χ3v) is 3.57. The molecule has 0 bridgehead atoms. The SMILES string of the molecule is CCCCCC(C[N+](C)(C)C)C(=O)C=Cc1ccccc1.[I-]. The predicted molar refractivity (Wildman–Crippen MR) is 91.0 cm³/mol. The van der Waals surface area contributed by atoms with E-state index in [1.165, 1.54) is 12.8 Å². The van der Waals surface area contributed by atoms with E-state index in [1.807, 2.05) is 36.4 Å². The van der Waals surface area contributed by atoms with E-state index in [2.05, 4.69) is 28.1 Å². The number of benzene rings is 1. The molecule has 0 aliphatic carbocycles. The number of carbonyl (C=O) groups is 1. The number of halogens is 1. The number of nitrogens with zero attached hydrogens (tertiary/aromatic N) is 1. The first-order valence-corrected chi connectivity index (χ1v) is 8.00. The maximum atomic E-state index is 12.5. The van der Waals surface area contributed by atoms with Gasteiger partial charge in [0.25, 0.3) is 0 Å². The van der Waals surface area contributed by atoms with E-state index in [1.54, 1.807) is 6.08 Å². The highest BCUT2D eigenvalue weighted by molar-refractivity contribution is 5.95. The minimum absolute atomic E-state index is 0. The largest absolute Gasteiger partial charge is 1.00 e. The van der Waals surface area contributed by atoms with Gasteiger partial charge in [0.15, 0.2) is 5.78 Å². The zero-order valence-electron chi connectivity index (χ0n) is 14.4. The van der Waals surface area contributed by atoms with Gasteiger partial charge < -0.3 is 28.5 Å². The molecule has 124 valence electrons. The van der Waals surface area contributed by atoms with Crippen molar-refractivity contribution >= 4 is 11.9 Å². The van der Waals surface area contributed by atoms with Gasteiger partial charge in [0, 0.05) is 0 Å². The minimum Gasteiger partial charge on any atom is -1.00 e. The van der Waals surface area contributed by atoms with Crippen LogP contribution in [0.4, 0.5) is 0 Å². The molecule has 0 aromatic heterocycles. The molecule has 1 aromatic carbocycles. The molecule has 1 unspecified atom stereocenters. The first kappa shape index (κ1) is 21.3. The van der Waals surface area contributed by atoms with E-state index in [-0.39, 0.29) is 35.7 Å². The number of hydrogen-bond acceptors (Lipinski definition) is 1. The van der Waals surface area contributed by atoms with Crippen molar-refractivity contribution in [2.45, 2.75) is 32.6 Å². The quantitative estimate of drug-likeness (QED) is 0.256. The Kier molecular flexibility index (Phi) is 10.6. The van der Waals surface area contributed by atoms with E-state index in [9.17, 15) is 4.79 Å². The summed E-state index contributed by atoms with van der Waals surface area (Å²) in [7, 11) is 6.46. The average Bonchev–Trinajstić information content (AvgIpc) is 2.44. The summed E-state index contributed by atoms with van der Waals surface area (Å²) in [6, 6.07) is 10.0. The standard InChI is InChI=1S/C19H30NO.HI/c1-5-6-8-13-18(16-20(2,3)4)19(21)15-14-17-11-9-7-10-12-17;/h7,9-12,14-15,18H,5-6,8,13,16H2,1-4H3;1H/q+1;/p-1. The van der Waals surface area contributed by atoms with Crippen LogP contribution in [0.15, 0.2) is 36.4 Å². The van der Waals surface area contributed by atoms with E-state index < -0.39 is 0 Å². The molecule has 3 heteroatoms. The Morgan fingerprint density at radius 1 is 1.14 bits per heavy atom. The smallest absolute Gasteiger partial charge is 0.164 e. The Hall–Kier alpha value is -0.680. The van der Waals surface area contributed by atoms with Crippen molar-refractivity contribution in [2.75, 3.05) is 27.7 Å². The van der Waals surface area contributed by atoms with Crippen molar-refractivity contribution < 1.29 is 33.3 Å². The summed E-state index contributed by atoms with van der Waals surface area (Å²) in [5, 5.41) is 0. The number of rotatable bonds is 9. The second kappa shape index (κ2) is 10.9. The zero-order chi connectivity index (χ0) is 15.7. The van der Waals surface area contributed by atoms with Crippen molar-refractivity contribution in [3.63, 3.8) is 0 Å². The van der Waals surface area contributed by atoms with Gasteiger partial charge in [-0.05, 0) is 18.1 Å². The van der Waals surface area contributed by atoms with Crippen LogP contribution in [-0.2, 0) is 4.79 Å². The molecule has 0 aliphatic heterocycles. The van der Waals surface area contributed by atoms with E-state index in [0.717, 1.165) is 29.4 Å². The summed E-state index contributed by atoms with van der Waals surface area (Å²) < 4.78 is 0.835. The maximum absolute atomic E-state index is 12.5. The molecule has 0 N–H and O–H groups in total. The van der Waals surface area contributed by atoms with Gasteiger partial charge in [-0.15, -0.1) is 0 Å². The van der Waals surface area contributed by atoms with Crippen LogP contribution in [-0.4, -0.2) is 38.0 Å². The molecule has 1 aromatic rings. The van der Waals surface area contributed by atoms with Crippen LogP contribution in [0, 0.1) is 5.92 Å². The zero-order valence-corrected chi connectivity index (χ0v) is 16.5. The number of carbonyl (C=O) groups excluding carboxylic acids is 1. The van der Waals surface area contributed by atoms with Crippen LogP contribution in [0.25, 0.3) is 6.08 Å². The summed E-state index contributed by atoms with van der Waals surface area (Å²) in [4.78, 5) is 12.5. The fourth-order valence-electron chi connectivity index (χ4n) is 2.50. The number of hydrogen-bond donors (Lipinski definition) is 0. The topological polar surface area (TPSA) is 17.1 Å². The molecular formula is C19H30INO. The van der Waals surface area contributed by atoms with Crippen molar-refractivity contribution in [3.05, 3.63) is 42.0 Å². The Labute approximate surface area is 153 Å². The second-order valence-electron chi connectivity index (χ2n) is 6.81. The first-order valence-electron chi connectivity index (χ1n) is 8.00.